The Morgan fingerprint density at radius 2 is 1.15 bits per heavy atom. The first-order chi connectivity index (χ1) is 22.1. The lowest BCUT2D eigenvalue weighted by Gasteiger charge is -2.34. The van der Waals surface area contributed by atoms with Crippen LogP contribution in [0.3, 0.4) is 0 Å². The lowest BCUT2D eigenvalue weighted by Crippen LogP contribution is -2.55. The third-order valence-electron chi connectivity index (χ3n) is 8.09. The molecule has 0 aliphatic heterocycles. The van der Waals surface area contributed by atoms with Crippen LogP contribution in [0.15, 0.2) is 24.3 Å². The lowest BCUT2D eigenvalue weighted by atomic mass is 10.1. The summed E-state index contributed by atoms with van der Waals surface area (Å²) in [5.41, 5.74) is 0. The summed E-state index contributed by atoms with van der Waals surface area (Å²) in [6.07, 6.45) is 29.4. The number of quaternary nitrogens is 1. The van der Waals surface area contributed by atoms with E-state index >= 15 is 0 Å². The van der Waals surface area contributed by atoms with E-state index in [-0.39, 0.29) is 42.7 Å². The summed E-state index contributed by atoms with van der Waals surface area (Å²) in [6, 6.07) is -0.722. The molecule has 0 amide bonds. The molecule has 0 rings (SSSR count). The van der Waals surface area contributed by atoms with Crippen LogP contribution in [0.1, 0.15) is 149 Å². The Labute approximate surface area is 281 Å². The van der Waals surface area contributed by atoms with Crippen LogP contribution < -0.4 is 5.11 Å². The third-order valence-corrected chi connectivity index (χ3v) is 8.09. The van der Waals surface area contributed by atoms with E-state index in [4.69, 9.17) is 14.2 Å². The van der Waals surface area contributed by atoms with Crippen molar-refractivity contribution < 1.29 is 38.2 Å². The zero-order chi connectivity index (χ0) is 34.3. The Kier molecular flexibility index (Phi) is 28.7. The van der Waals surface area contributed by atoms with E-state index in [1.54, 1.807) is 21.1 Å². The number of unbranched alkanes of at least 4 members (excludes halogenated alkanes) is 14. The number of aliphatic carboxylic acids is 1. The highest BCUT2D eigenvalue weighted by molar-refractivity contribution is 5.70. The van der Waals surface area contributed by atoms with Crippen LogP contribution in [0, 0.1) is 0 Å². The first-order valence-corrected chi connectivity index (χ1v) is 18.4. The Hall–Kier alpha value is -2.19. The number of rotatable bonds is 32. The first-order valence-electron chi connectivity index (χ1n) is 18.4. The molecule has 0 bridgehead atoms. The Morgan fingerprint density at radius 3 is 1.72 bits per heavy atom. The molecule has 0 aromatic carbocycles. The SMILES string of the molecule is CCCCC/C=C\C/C=C\CCCCCCCCCC(=O)OC(COCCC(C(=O)[O-])[N+](C)(C)C)COC(=O)CCCCCCC. The second-order valence-electron chi connectivity index (χ2n) is 13.5. The highest BCUT2D eigenvalue weighted by Gasteiger charge is 2.25. The summed E-state index contributed by atoms with van der Waals surface area (Å²) in [5, 5.41) is 11.5. The van der Waals surface area contributed by atoms with Crippen LogP contribution in [0.2, 0.25) is 0 Å². The number of carboxylic acids is 1. The summed E-state index contributed by atoms with van der Waals surface area (Å²) in [7, 11) is 5.38. The van der Waals surface area contributed by atoms with Crippen LogP contribution >= 0.6 is 0 Å². The number of hydrogen-bond donors (Lipinski definition) is 0. The molecule has 0 radical (unpaired) electrons. The maximum absolute atomic E-state index is 12.6. The van der Waals surface area contributed by atoms with Gasteiger partial charge in [-0.15, -0.1) is 0 Å². The van der Waals surface area contributed by atoms with Gasteiger partial charge < -0.3 is 28.6 Å². The number of carbonyl (C=O) groups is 3. The molecule has 2 atom stereocenters. The van der Waals surface area contributed by atoms with Crippen molar-refractivity contribution in [3.05, 3.63) is 24.3 Å². The van der Waals surface area contributed by atoms with Crippen molar-refractivity contribution in [3.8, 4) is 0 Å². The van der Waals surface area contributed by atoms with E-state index in [2.05, 4.69) is 38.2 Å². The van der Waals surface area contributed by atoms with Gasteiger partial charge in [0.05, 0.1) is 40.3 Å². The van der Waals surface area contributed by atoms with Crippen molar-refractivity contribution in [1.82, 2.24) is 0 Å². The van der Waals surface area contributed by atoms with Gasteiger partial charge in [0, 0.05) is 19.3 Å². The van der Waals surface area contributed by atoms with Crippen LogP contribution in [0.25, 0.3) is 0 Å². The Balaban J connectivity index is 4.31. The van der Waals surface area contributed by atoms with Crippen LogP contribution in [0.5, 0.6) is 0 Å². The molecular weight excluding hydrogens is 582 g/mol. The minimum atomic E-state index is -1.13. The molecule has 0 heterocycles. The van der Waals surface area contributed by atoms with Gasteiger partial charge in [-0.3, -0.25) is 9.59 Å². The Morgan fingerprint density at radius 1 is 0.652 bits per heavy atom. The predicted octanol–water partition coefficient (Wildman–Crippen LogP) is 7.63. The fourth-order valence-corrected chi connectivity index (χ4v) is 5.16. The van der Waals surface area contributed by atoms with Gasteiger partial charge in [0.1, 0.15) is 12.6 Å². The average molecular weight is 652 g/mol. The van der Waals surface area contributed by atoms with Crippen LogP contribution in [-0.2, 0) is 28.6 Å². The normalized spacial score (nSPS) is 13.3. The molecule has 268 valence electrons. The average Bonchev–Trinajstić information content (AvgIpc) is 3.00. The molecular formula is C38H69NO7. The van der Waals surface area contributed by atoms with Gasteiger partial charge >= 0.3 is 11.9 Å². The maximum atomic E-state index is 12.6. The van der Waals surface area contributed by atoms with E-state index in [0.29, 0.717) is 12.8 Å². The second-order valence-corrected chi connectivity index (χ2v) is 13.5. The first kappa shape index (κ1) is 43.8. The van der Waals surface area contributed by atoms with E-state index in [1.165, 1.54) is 51.4 Å². The van der Waals surface area contributed by atoms with Gasteiger partial charge in [-0.05, 0) is 44.9 Å². The summed E-state index contributed by atoms with van der Waals surface area (Å²) in [4.78, 5) is 36.3. The lowest BCUT2D eigenvalue weighted by molar-refractivity contribution is -0.889. The zero-order valence-corrected chi connectivity index (χ0v) is 30.2. The van der Waals surface area contributed by atoms with E-state index in [0.717, 1.165) is 64.2 Å². The molecule has 0 aromatic heterocycles. The van der Waals surface area contributed by atoms with Gasteiger partial charge in [0.2, 0.25) is 0 Å². The van der Waals surface area contributed by atoms with Crippen molar-refractivity contribution in [3.63, 3.8) is 0 Å². The van der Waals surface area contributed by atoms with Crippen molar-refractivity contribution >= 4 is 17.9 Å². The fraction of sp³-hybridized carbons (Fsp3) is 0.816. The number of nitrogens with zero attached hydrogens (tertiary/aromatic N) is 1. The van der Waals surface area contributed by atoms with Crippen molar-refractivity contribution in [1.29, 1.82) is 0 Å². The molecule has 0 saturated carbocycles. The predicted molar refractivity (Wildman–Crippen MR) is 185 cm³/mol. The van der Waals surface area contributed by atoms with Gasteiger partial charge in [-0.25, -0.2) is 0 Å². The molecule has 8 nitrogen and oxygen atoms in total. The molecule has 0 saturated heterocycles. The molecule has 2 unspecified atom stereocenters. The number of hydrogen-bond acceptors (Lipinski definition) is 7. The standard InChI is InChI=1S/C38H69NO7/c1-6-8-10-12-13-14-15-16-17-18-19-20-21-22-23-25-27-29-37(41)46-34(33-45-36(40)28-26-24-11-9-7-2)32-44-31-30-35(38(42)43)39(3,4)5/h13-14,16-17,34-35H,6-12,15,18-33H2,1-5H3/b14-13-,17-16-. The van der Waals surface area contributed by atoms with Gasteiger partial charge in [-0.1, -0.05) is 109 Å². The van der Waals surface area contributed by atoms with Gasteiger partial charge in [0.15, 0.2) is 6.10 Å². The number of carboxylic acid groups (broad SMARTS) is 1. The number of esters is 2. The molecule has 0 fully saturated rings. The number of ether oxygens (including phenoxy) is 3. The van der Waals surface area contributed by atoms with Crippen LogP contribution in [-0.4, -0.2) is 75.5 Å². The van der Waals surface area contributed by atoms with Crippen molar-refractivity contribution in [2.45, 2.75) is 161 Å². The van der Waals surface area contributed by atoms with Gasteiger partial charge in [0.25, 0.3) is 0 Å². The highest BCUT2D eigenvalue weighted by Crippen LogP contribution is 2.13. The Bertz CT molecular complexity index is 818. The maximum Gasteiger partial charge on any atom is 0.306 e. The molecule has 0 aliphatic rings. The summed E-state index contributed by atoms with van der Waals surface area (Å²) in [5.74, 6) is -1.76. The van der Waals surface area contributed by atoms with Gasteiger partial charge in [-0.2, -0.15) is 0 Å². The minimum Gasteiger partial charge on any atom is -0.544 e. The van der Waals surface area contributed by atoms with Crippen molar-refractivity contribution in [2.24, 2.45) is 0 Å². The molecule has 46 heavy (non-hydrogen) atoms. The van der Waals surface area contributed by atoms with Crippen LogP contribution in [0.4, 0.5) is 0 Å². The summed E-state index contributed by atoms with van der Waals surface area (Å²) >= 11 is 0. The second kappa shape index (κ2) is 30.2. The van der Waals surface area contributed by atoms with E-state index in [1.807, 2.05) is 0 Å². The number of likely N-dealkylation sites (N-methyl/N-ethyl adjacent to an activating group) is 1. The highest BCUT2D eigenvalue weighted by atomic mass is 16.6. The summed E-state index contributed by atoms with van der Waals surface area (Å²) in [6.45, 7) is 4.52. The molecule has 0 N–H and O–H groups in total. The van der Waals surface area contributed by atoms with E-state index < -0.39 is 18.1 Å². The molecule has 0 spiro atoms. The monoisotopic (exact) mass is 652 g/mol. The molecule has 0 aliphatic carbocycles. The molecule has 8 heteroatoms. The van der Waals surface area contributed by atoms with E-state index in [9.17, 15) is 19.5 Å². The zero-order valence-electron chi connectivity index (χ0n) is 30.2. The quantitative estimate of drug-likeness (QED) is 0.0319. The smallest absolute Gasteiger partial charge is 0.306 e. The minimum absolute atomic E-state index is 0.0391. The summed E-state index contributed by atoms with van der Waals surface area (Å²) < 4.78 is 16.9. The third kappa shape index (κ3) is 28.1. The largest absolute Gasteiger partial charge is 0.544 e. The fourth-order valence-electron chi connectivity index (χ4n) is 5.16. The topological polar surface area (TPSA) is 102 Å². The molecule has 0 aromatic rings. The number of carbonyl (C=O) groups excluding carboxylic acids is 3. The van der Waals surface area contributed by atoms with Crippen molar-refractivity contribution in [2.75, 3.05) is 41.0 Å². The number of allylic oxidation sites excluding steroid dienone is 4.